The number of aromatic nitrogens is 3. The molecule has 12 heavy (non-hydrogen) atoms. The molecule has 0 aliphatic carbocycles. The Morgan fingerprint density at radius 3 is 3.08 bits per heavy atom. The molecule has 1 atom stereocenters. The van der Waals surface area contributed by atoms with Gasteiger partial charge in [-0.15, -0.1) is 0 Å². The zero-order valence-corrected chi connectivity index (χ0v) is 7.34. The minimum atomic E-state index is -0.163. The van der Waals surface area contributed by atoms with Crippen molar-refractivity contribution >= 4 is 22.6 Å². The van der Waals surface area contributed by atoms with Gasteiger partial charge in [0.25, 0.3) is 0 Å². The second-order valence-corrected chi connectivity index (χ2v) is 3.13. The first-order valence-corrected chi connectivity index (χ1v) is 4.16. The van der Waals surface area contributed by atoms with Crippen molar-refractivity contribution in [2.45, 2.75) is 19.4 Å². The van der Waals surface area contributed by atoms with Crippen LogP contribution in [0.2, 0.25) is 0 Å². The summed E-state index contributed by atoms with van der Waals surface area (Å²) in [6.45, 7) is 1.76. The molecule has 66 valence electrons. The number of carbonyl (C=O) groups is 1. The van der Waals surface area contributed by atoms with Crippen LogP contribution >= 0.6 is 11.5 Å². The molecule has 0 bridgehead atoms. The third-order valence-electron chi connectivity index (χ3n) is 1.05. The van der Waals surface area contributed by atoms with Crippen LogP contribution in [0.15, 0.2) is 0 Å². The molecule has 0 aliphatic heterocycles. The van der Waals surface area contributed by atoms with E-state index < -0.39 is 0 Å². The van der Waals surface area contributed by atoms with E-state index in [-0.39, 0.29) is 18.4 Å². The number of nitrogens with two attached hydrogens (primary N) is 1. The summed E-state index contributed by atoms with van der Waals surface area (Å²) in [4.78, 5) is 11.0. The number of nitrogens with zero attached hydrogens (tertiary/aromatic N) is 3. The highest BCUT2D eigenvalue weighted by Gasteiger charge is 2.06. The van der Waals surface area contributed by atoms with Crippen LogP contribution in [0.3, 0.4) is 0 Å². The number of anilines is 1. The summed E-state index contributed by atoms with van der Waals surface area (Å²) >= 11 is 1.03. The predicted molar refractivity (Wildman–Crippen MR) is 44.6 cm³/mol. The monoisotopic (exact) mass is 187 g/mol. The molecule has 6 nitrogen and oxygen atoms in total. The minimum Gasteiger partial charge on any atom is -0.327 e. The molecule has 3 N–H and O–H groups in total. The van der Waals surface area contributed by atoms with E-state index in [1.165, 1.54) is 0 Å². The van der Waals surface area contributed by atoms with Gasteiger partial charge in [0, 0.05) is 24.0 Å². The second-order valence-electron chi connectivity index (χ2n) is 2.40. The highest BCUT2D eigenvalue weighted by Crippen LogP contribution is 2.04. The maximum absolute atomic E-state index is 11.0. The van der Waals surface area contributed by atoms with E-state index in [4.69, 9.17) is 5.73 Å². The lowest BCUT2D eigenvalue weighted by Crippen LogP contribution is -2.23. The fraction of sp³-hybridized carbons (Fsp3) is 0.600. The number of nitrogens with one attached hydrogen (secondary N) is 1. The van der Waals surface area contributed by atoms with E-state index in [2.05, 4.69) is 20.1 Å². The Morgan fingerprint density at radius 2 is 2.58 bits per heavy atom. The summed E-state index contributed by atoms with van der Waals surface area (Å²) in [5.74, 6) is -0.163. The zero-order valence-electron chi connectivity index (χ0n) is 6.52. The molecular formula is C5H9N5OS. The summed E-state index contributed by atoms with van der Waals surface area (Å²) in [5, 5.41) is 9.80. The molecule has 1 aromatic rings. The van der Waals surface area contributed by atoms with Crippen molar-refractivity contribution in [1.29, 1.82) is 0 Å². The topological polar surface area (TPSA) is 93.8 Å². The van der Waals surface area contributed by atoms with Crippen molar-refractivity contribution in [2.24, 2.45) is 5.73 Å². The summed E-state index contributed by atoms with van der Waals surface area (Å²) in [6, 6.07) is -0.147. The van der Waals surface area contributed by atoms with Crippen LogP contribution in [0.4, 0.5) is 5.13 Å². The van der Waals surface area contributed by atoms with Gasteiger partial charge in [-0.1, -0.05) is 9.59 Å². The van der Waals surface area contributed by atoms with E-state index in [0.29, 0.717) is 5.13 Å². The number of amides is 1. The van der Waals surface area contributed by atoms with Crippen molar-refractivity contribution in [3.8, 4) is 0 Å². The van der Waals surface area contributed by atoms with Gasteiger partial charge in [-0.3, -0.25) is 10.1 Å². The molecule has 1 amide bonds. The maximum atomic E-state index is 11.0. The van der Waals surface area contributed by atoms with Crippen molar-refractivity contribution in [3.05, 3.63) is 0 Å². The molecule has 1 rings (SSSR count). The van der Waals surface area contributed by atoms with Gasteiger partial charge >= 0.3 is 0 Å². The highest BCUT2D eigenvalue weighted by atomic mass is 32.1. The van der Waals surface area contributed by atoms with Crippen LogP contribution in [0.5, 0.6) is 0 Å². The smallest absolute Gasteiger partial charge is 0.231 e. The van der Waals surface area contributed by atoms with E-state index in [1.54, 1.807) is 6.92 Å². The molecule has 0 fully saturated rings. The lowest BCUT2D eigenvalue weighted by Gasteiger charge is -2.02. The summed E-state index contributed by atoms with van der Waals surface area (Å²) in [6.07, 6.45) is 0.277. The summed E-state index contributed by atoms with van der Waals surface area (Å²) in [7, 11) is 0. The Morgan fingerprint density at radius 1 is 1.83 bits per heavy atom. The molecule has 0 aromatic carbocycles. The second kappa shape index (κ2) is 4.07. The lowest BCUT2D eigenvalue weighted by molar-refractivity contribution is -0.116. The molecule has 0 aliphatic rings. The van der Waals surface area contributed by atoms with Gasteiger partial charge in [-0.05, 0) is 12.1 Å². The molecular weight excluding hydrogens is 178 g/mol. The first-order valence-electron chi connectivity index (χ1n) is 3.39. The average Bonchev–Trinajstić information content (AvgIpc) is 2.37. The molecule has 0 saturated carbocycles. The Bertz CT molecular complexity index is 246. The third-order valence-corrected chi connectivity index (χ3v) is 1.56. The third kappa shape index (κ3) is 2.89. The first kappa shape index (κ1) is 9.01. The van der Waals surface area contributed by atoms with Crippen LogP contribution in [0.1, 0.15) is 13.3 Å². The van der Waals surface area contributed by atoms with Gasteiger partial charge in [-0.2, -0.15) is 0 Å². The van der Waals surface area contributed by atoms with Gasteiger partial charge in [0.2, 0.25) is 11.0 Å². The molecule has 1 heterocycles. The van der Waals surface area contributed by atoms with Gasteiger partial charge in [0.15, 0.2) is 0 Å². The Hall–Kier alpha value is -1.08. The van der Waals surface area contributed by atoms with Crippen molar-refractivity contribution < 1.29 is 4.79 Å². The van der Waals surface area contributed by atoms with Crippen LogP contribution < -0.4 is 11.1 Å². The largest absolute Gasteiger partial charge is 0.327 e. The fourth-order valence-electron chi connectivity index (χ4n) is 0.645. The fourth-order valence-corrected chi connectivity index (χ4v) is 1.03. The lowest BCUT2D eigenvalue weighted by atomic mass is 10.2. The van der Waals surface area contributed by atoms with Gasteiger partial charge in [0.05, 0.1) is 0 Å². The number of hydrogen-bond acceptors (Lipinski definition) is 6. The maximum Gasteiger partial charge on any atom is 0.231 e. The Labute approximate surface area is 73.3 Å². The van der Waals surface area contributed by atoms with E-state index >= 15 is 0 Å². The van der Waals surface area contributed by atoms with Crippen molar-refractivity contribution in [2.75, 3.05) is 5.32 Å². The molecule has 0 saturated heterocycles. The van der Waals surface area contributed by atoms with Crippen LogP contribution in [-0.4, -0.2) is 26.7 Å². The first-order chi connectivity index (χ1) is 5.68. The summed E-state index contributed by atoms with van der Waals surface area (Å²) in [5.41, 5.74) is 5.41. The highest BCUT2D eigenvalue weighted by molar-refractivity contribution is 7.09. The average molecular weight is 187 g/mol. The number of carbonyl (C=O) groups excluding carboxylic acids is 1. The van der Waals surface area contributed by atoms with Crippen molar-refractivity contribution in [3.63, 3.8) is 0 Å². The quantitative estimate of drug-likeness (QED) is 0.672. The molecule has 1 unspecified atom stereocenters. The van der Waals surface area contributed by atoms with E-state index in [0.717, 1.165) is 11.5 Å². The molecule has 1 aromatic heterocycles. The van der Waals surface area contributed by atoms with Crippen LogP contribution in [0.25, 0.3) is 0 Å². The number of hydrogen-bond donors (Lipinski definition) is 2. The van der Waals surface area contributed by atoms with Crippen LogP contribution in [0, 0.1) is 0 Å². The summed E-state index contributed by atoms with van der Waals surface area (Å²) < 4.78 is 3.49. The minimum absolute atomic E-state index is 0.147. The Balaban J connectivity index is 2.37. The van der Waals surface area contributed by atoms with E-state index in [9.17, 15) is 4.79 Å². The molecule has 7 heteroatoms. The predicted octanol–water partition coefficient (Wildman–Crippen LogP) is -0.391. The van der Waals surface area contributed by atoms with Gasteiger partial charge in [-0.25, -0.2) is 0 Å². The van der Waals surface area contributed by atoms with E-state index in [1.807, 2.05) is 0 Å². The number of rotatable bonds is 3. The normalized spacial score (nSPS) is 12.5. The standard InChI is InChI=1S/C5H9N5OS/c1-3(6)2-4(11)7-5-8-9-10-12-5/h3H,2,6H2,1H3,(H,7,8,10,11). The van der Waals surface area contributed by atoms with Gasteiger partial charge in [0.1, 0.15) is 0 Å². The zero-order chi connectivity index (χ0) is 8.97. The van der Waals surface area contributed by atoms with Crippen LogP contribution in [-0.2, 0) is 4.79 Å². The Kier molecular flexibility index (Phi) is 3.06. The molecule has 0 spiro atoms. The van der Waals surface area contributed by atoms with Gasteiger partial charge < -0.3 is 5.73 Å². The van der Waals surface area contributed by atoms with Crippen molar-refractivity contribution in [1.82, 2.24) is 14.8 Å². The SMILES string of the molecule is CC(N)CC(=O)Nc1nnns1. The molecule has 0 radical (unpaired) electrons.